The largest absolute Gasteiger partial charge is 0.481 e. The monoisotopic (exact) mass is 1040 g/mol. The van der Waals surface area contributed by atoms with E-state index >= 15 is 0 Å². The highest BCUT2D eigenvalue weighted by molar-refractivity contribution is 5.84. The van der Waals surface area contributed by atoms with Gasteiger partial charge in [0.25, 0.3) is 0 Å². The zero-order chi connectivity index (χ0) is 53.0. The Kier molecular flexibility index (Phi) is 48.4. The number of hydrogen-bond donors (Lipinski definition) is 7. The summed E-state index contributed by atoms with van der Waals surface area (Å²) in [7, 11) is 0. The number of ether oxygens (including phenoxy) is 8. The second-order valence-electron chi connectivity index (χ2n) is 16.8. The molecule has 72 heavy (non-hydrogen) atoms. The quantitative estimate of drug-likeness (QED) is 0.0430. The Balaban J connectivity index is 3.59. The Morgan fingerprint density at radius 2 is 0.681 bits per heavy atom. The average molecular weight is 1040 g/mol. The van der Waals surface area contributed by atoms with E-state index in [9.17, 15) is 43.5 Å². The summed E-state index contributed by atoms with van der Waals surface area (Å²) in [5.74, 6) is -3.53. The number of hydrogen-bond acceptors (Lipinski definition) is 16. The molecule has 0 aliphatic heterocycles. The van der Waals surface area contributed by atoms with Gasteiger partial charge in [-0.15, -0.1) is 0 Å². The SMILES string of the molecule is CCC(=O)COCCOCCNC(=O)COCCOCCNC(=O)COCCOCCNC(=O)COCCOCCNC(=O)CC[C@H](NC(=O)CCCCCCCCCCCCCCCCC(=O)O)C(=O)O. The number of Topliss-reactive ketones (excluding diaryl/α,β-unsaturated/α-hetero) is 1. The van der Waals surface area contributed by atoms with E-state index in [4.69, 9.17) is 43.0 Å². The number of carbonyl (C=O) groups is 8. The summed E-state index contributed by atoms with van der Waals surface area (Å²) in [5.41, 5.74) is 0. The zero-order valence-electron chi connectivity index (χ0n) is 43.1. The number of carbonyl (C=O) groups excluding carboxylic acids is 6. The third kappa shape index (κ3) is 50.6. The first-order valence-electron chi connectivity index (χ1n) is 25.9. The fraction of sp³-hybridized carbons (Fsp3) is 0.837. The van der Waals surface area contributed by atoms with Gasteiger partial charge in [-0.2, -0.15) is 0 Å². The van der Waals surface area contributed by atoms with E-state index in [2.05, 4.69) is 26.6 Å². The van der Waals surface area contributed by atoms with E-state index in [-0.39, 0.29) is 167 Å². The highest BCUT2D eigenvalue weighted by Gasteiger charge is 2.21. The number of ketones is 1. The first-order chi connectivity index (χ1) is 34.9. The maximum atomic E-state index is 12.3. The molecule has 23 nitrogen and oxygen atoms in total. The lowest BCUT2D eigenvalue weighted by atomic mass is 10.0. The van der Waals surface area contributed by atoms with Crippen LogP contribution in [0.4, 0.5) is 0 Å². The molecule has 7 N–H and O–H groups in total. The van der Waals surface area contributed by atoms with Crippen LogP contribution in [0, 0.1) is 0 Å². The molecule has 1 atom stereocenters. The van der Waals surface area contributed by atoms with Gasteiger partial charge in [0.05, 0.1) is 79.3 Å². The fourth-order valence-electron chi connectivity index (χ4n) is 6.44. The first-order valence-corrected chi connectivity index (χ1v) is 25.9. The third-order valence-corrected chi connectivity index (χ3v) is 10.5. The molecule has 0 radical (unpaired) electrons. The van der Waals surface area contributed by atoms with Crippen LogP contribution in [0.25, 0.3) is 0 Å². The average Bonchev–Trinajstić information content (AvgIpc) is 3.35. The molecule has 0 spiro atoms. The van der Waals surface area contributed by atoms with Crippen molar-refractivity contribution in [3.63, 3.8) is 0 Å². The van der Waals surface area contributed by atoms with Crippen molar-refractivity contribution in [2.24, 2.45) is 0 Å². The summed E-state index contributed by atoms with van der Waals surface area (Å²) in [4.78, 5) is 93.5. The van der Waals surface area contributed by atoms with Gasteiger partial charge in [-0.1, -0.05) is 84.0 Å². The maximum Gasteiger partial charge on any atom is 0.326 e. The maximum absolute atomic E-state index is 12.3. The van der Waals surface area contributed by atoms with Crippen LogP contribution in [0.3, 0.4) is 0 Å². The normalized spacial score (nSPS) is 11.5. The lowest BCUT2D eigenvalue weighted by molar-refractivity contribution is -0.142. The predicted molar refractivity (Wildman–Crippen MR) is 264 cm³/mol. The highest BCUT2D eigenvalue weighted by Crippen LogP contribution is 2.14. The van der Waals surface area contributed by atoms with Crippen LogP contribution in [0.15, 0.2) is 0 Å². The second-order valence-corrected chi connectivity index (χ2v) is 16.8. The van der Waals surface area contributed by atoms with E-state index < -0.39 is 18.0 Å². The van der Waals surface area contributed by atoms with E-state index in [1.807, 2.05) is 0 Å². The molecule has 0 saturated carbocycles. The summed E-state index contributed by atoms with van der Waals surface area (Å²) >= 11 is 0. The second kappa shape index (κ2) is 51.5. The predicted octanol–water partition coefficient (Wildman–Crippen LogP) is 2.24. The van der Waals surface area contributed by atoms with Crippen molar-refractivity contribution < 1.29 is 86.5 Å². The summed E-state index contributed by atoms with van der Waals surface area (Å²) in [6.07, 6.45) is 15.8. The minimum Gasteiger partial charge on any atom is -0.481 e. The number of carboxylic acids is 2. The van der Waals surface area contributed by atoms with Gasteiger partial charge >= 0.3 is 11.9 Å². The lowest BCUT2D eigenvalue weighted by Crippen LogP contribution is -2.41. The van der Waals surface area contributed by atoms with Crippen molar-refractivity contribution in [3.05, 3.63) is 0 Å². The van der Waals surface area contributed by atoms with E-state index in [1.54, 1.807) is 6.92 Å². The van der Waals surface area contributed by atoms with Crippen molar-refractivity contribution in [3.8, 4) is 0 Å². The molecule has 0 saturated heterocycles. The van der Waals surface area contributed by atoms with Gasteiger partial charge in [-0.25, -0.2) is 4.79 Å². The smallest absolute Gasteiger partial charge is 0.326 e. The highest BCUT2D eigenvalue weighted by atomic mass is 16.5. The van der Waals surface area contributed by atoms with Crippen LogP contribution >= 0.6 is 0 Å². The van der Waals surface area contributed by atoms with Crippen LogP contribution in [0.2, 0.25) is 0 Å². The molecule has 418 valence electrons. The minimum atomic E-state index is -1.19. The Morgan fingerprint density at radius 3 is 1.03 bits per heavy atom. The van der Waals surface area contributed by atoms with Crippen molar-refractivity contribution >= 4 is 47.3 Å². The number of unbranched alkanes of at least 4 members (excludes halogenated alkanes) is 13. The molecule has 0 rings (SSSR count). The van der Waals surface area contributed by atoms with Crippen LogP contribution in [-0.2, 0) is 76.3 Å². The summed E-state index contributed by atoms with van der Waals surface area (Å²) in [6.45, 7) is 5.24. The van der Waals surface area contributed by atoms with Crippen molar-refractivity contribution in [2.75, 3.05) is 132 Å². The Bertz CT molecular complexity index is 1430. The van der Waals surface area contributed by atoms with E-state index in [0.717, 1.165) is 44.9 Å². The number of rotatable bonds is 55. The number of nitrogens with one attached hydrogen (secondary N) is 5. The van der Waals surface area contributed by atoms with Crippen molar-refractivity contribution in [1.82, 2.24) is 26.6 Å². The Morgan fingerprint density at radius 1 is 0.361 bits per heavy atom. The van der Waals surface area contributed by atoms with Crippen molar-refractivity contribution in [1.29, 1.82) is 0 Å². The third-order valence-electron chi connectivity index (χ3n) is 10.5. The van der Waals surface area contributed by atoms with Gasteiger partial charge in [-0.05, 0) is 19.3 Å². The van der Waals surface area contributed by atoms with Gasteiger partial charge in [-0.3, -0.25) is 33.6 Å². The van der Waals surface area contributed by atoms with Crippen molar-refractivity contribution in [2.45, 2.75) is 135 Å². The zero-order valence-corrected chi connectivity index (χ0v) is 43.1. The van der Waals surface area contributed by atoms with Crippen LogP contribution in [0.1, 0.15) is 129 Å². The lowest BCUT2D eigenvalue weighted by Gasteiger charge is -2.14. The molecule has 5 amide bonds. The Hall–Kier alpha value is -4.36. The fourth-order valence-corrected chi connectivity index (χ4v) is 6.44. The van der Waals surface area contributed by atoms with Gasteiger partial charge < -0.3 is 74.7 Å². The molecule has 0 bridgehead atoms. The summed E-state index contributed by atoms with van der Waals surface area (Å²) in [6, 6.07) is -1.15. The van der Waals surface area contributed by atoms with Gasteiger partial charge in [0.2, 0.25) is 29.5 Å². The van der Waals surface area contributed by atoms with Crippen LogP contribution in [0.5, 0.6) is 0 Å². The molecule has 0 aromatic carbocycles. The van der Waals surface area contributed by atoms with Crippen LogP contribution in [-0.4, -0.2) is 195 Å². The first kappa shape index (κ1) is 67.6. The number of amides is 5. The molecule has 0 fully saturated rings. The molecule has 0 aromatic heterocycles. The van der Waals surface area contributed by atoms with Gasteiger partial charge in [0, 0.05) is 51.9 Å². The molecule has 0 heterocycles. The minimum absolute atomic E-state index is 0.0309. The van der Waals surface area contributed by atoms with Gasteiger partial charge in [0.1, 0.15) is 32.5 Å². The van der Waals surface area contributed by atoms with E-state index in [1.165, 1.54) is 38.5 Å². The van der Waals surface area contributed by atoms with Crippen LogP contribution < -0.4 is 26.6 Å². The molecule has 0 unspecified atom stereocenters. The molecule has 0 aliphatic rings. The van der Waals surface area contributed by atoms with E-state index in [0.29, 0.717) is 39.2 Å². The number of carboxylic acid groups (broad SMARTS) is 2. The summed E-state index contributed by atoms with van der Waals surface area (Å²) in [5, 5.41) is 31.3. The topological polar surface area (TPSA) is 311 Å². The molecular formula is C49H89N5O18. The van der Waals surface area contributed by atoms with Gasteiger partial charge in [0.15, 0.2) is 5.78 Å². The summed E-state index contributed by atoms with van der Waals surface area (Å²) < 4.78 is 42.4. The standard InChI is InChI=1S/C49H89N5O18/c1-2-41(55)37-69-33-29-66-26-22-51-45(58)39-71-35-31-68-28-24-53-47(60)40-72-36-32-67-27-23-52-46(59)38-70-34-30-65-25-21-50-43(56)20-19-42(49(63)64)54-44(57)17-15-13-11-9-7-5-3-4-6-8-10-12-14-16-18-48(61)62/h42H,2-40H2,1H3,(H,50,56)(H,51,58)(H,52,59)(H,53,60)(H,54,57)(H,61,62)(H,63,64)/t42-/m0/s1. The number of aliphatic carboxylic acids is 2. The molecule has 0 aliphatic carbocycles. The molecular weight excluding hydrogens is 947 g/mol. The Labute approximate surface area is 426 Å². The molecule has 0 aromatic rings. The molecule has 23 heteroatoms.